The molecule has 2 aromatic rings. The van der Waals surface area contributed by atoms with Crippen LogP contribution >= 0.6 is 11.8 Å². The van der Waals surface area contributed by atoms with E-state index in [4.69, 9.17) is 9.47 Å². The average Bonchev–Trinajstić information content (AvgIpc) is 3.04. The normalized spacial score (nSPS) is 16.3. The maximum Gasteiger partial charge on any atom is 0.329 e. The van der Waals surface area contributed by atoms with E-state index in [-0.39, 0.29) is 12.4 Å². The first-order valence-corrected chi connectivity index (χ1v) is 8.88. The van der Waals surface area contributed by atoms with Gasteiger partial charge in [-0.1, -0.05) is 23.9 Å². The molecule has 0 radical (unpaired) electrons. The van der Waals surface area contributed by atoms with Crippen molar-refractivity contribution in [3.8, 4) is 5.75 Å². The van der Waals surface area contributed by atoms with Crippen LogP contribution in [0.4, 0.5) is 4.39 Å². The van der Waals surface area contributed by atoms with Crippen LogP contribution in [0.25, 0.3) is 0 Å². The number of nitrogens with zero attached hydrogens (tertiary/aromatic N) is 1. The number of esters is 1. The van der Waals surface area contributed by atoms with Crippen LogP contribution in [0.15, 0.2) is 53.5 Å². The summed E-state index contributed by atoms with van der Waals surface area (Å²) in [6, 6.07) is 13.1. The number of hydrogen-bond donors (Lipinski definition) is 0. The average molecular weight is 373 g/mol. The van der Waals surface area contributed by atoms with Crippen LogP contribution in [-0.4, -0.2) is 28.8 Å². The highest BCUT2D eigenvalue weighted by atomic mass is 32.2. The van der Waals surface area contributed by atoms with Gasteiger partial charge in [-0.3, -0.25) is 9.59 Å². The van der Waals surface area contributed by atoms with Gasteiger partial charge in [-0.25, -0.2) is 9.38 Å². The molecule has 1 aliphatic heterocycles. The quantitative estimate of drug-likeness (QED) is 0.574. The molecule has 1 unspecified atom stereocenters. The molecule has 0 aliphatic carbocycles. The number of carbonyl (C=O) groups is 2. The third kappa shape index (κ3) is 4.29. The third-order valence-electron chi connectivity index (χ3n) is 3.59. The molecule has 0 saturated heterocycles. The monoisotopic (exact) mass is 373 g/mol. The Morgan fingerprint density at radius 1 is 1.15 bits per heavy atom. The van der Waals surface area contributed by atoms with Crippen molar-refractivity contribution in [1.29, 1.82) is 0 Å². The Morgan fingerprint density at radius 3 is 2.50 bits per heavy atom. The zero-order valence-corrected chi connectivity index (χ0v) is 14.8. The highest BCUT2D eigenvalue weighted by molar-refractivity contribution is 8.16. The van der Waals surface area contributed by atoms with Crippen LogP contribution in [0, 0.1) is 5.82 Å². The van der Waals surface area contributed by atoms with Crippen LogP contribution in [0.2, 0.25) is 0 Å². The number of thioether (sulfide) groups is 1. The third-order valence-corrected chi connectivity index (χ3v) is 4.77. The second kappa shape index (κ2) is 8.14. The van der Waals surface area contributed by atoms with E-state index in [1.54, 1.807) is 43.3 Å². The molecule has 7 heteroatoms. The number of carbonyl (C=O) groups excluding carboxylic acids is 2. The Labute approximate surface area is 154 Å². The van der Waals surface area contributed by atoms with Crippen LogP contribution < -0.4 is 4.74 Å². The molecule has 134 valence electrons. The highest BCUT2D eigenvalue weighted by Crippen LogP contribution is 2.28. The van der Waals surface area contributed by atoms with Crippen molar-refractivity contribution in [1.82, 2.24) is 0 Å². The molecule has 2 aromatic carbocycles. The fourth-order valence-corrected chi connectivity index (χ4v) is 3.24. The van der Waals surface area contributed by atoms with Crippen LogP contribution in [0.3, 0.4) is 0 Å². The number of halogens is 1. The van der Waals surface area contributed by atoms with Crippen molar-refractivity contribution in [3.63, 3.8) is 0 Å². The molecule has 1 heterocycles. The molecule has 1 amide bonds. The molecule has 0 bridgehead atoms. The SMILES string of the molecule is CCOC(=O)C1SC(c2ccc(OCc3ccc(F)cc3)cc2)=NC1=O. The van der Waals surface area contributed by atoms with Crippen LogP contribution in [0.1, 0.15) is 18.1 Å². The largest absolute Gasteiger partial charge is 0.489 e. The number of rotatable bonds is 6. The van der Waals surface area contributed by atoms with Gasteiger partial charge < -0.3 is 9.47 Å². The summed E-state index contributed by atoms with van der Waals surface area (Å²) >= 11 is 1.09. The summed E-state index contributed by atoms with van der Waals surface area (Å²) in [7, 11) is 0. The predicted molar refractivity (Wildman–Crippen MR) is 96.7 cm³/mol. The summed E-state index contributed by atoms with van der Waals surface area (Å²) in [4.78, 5) is 27.5. The summed E-state index contributed by atoms with van der Waals surface area (Å²) < 4.78 is 23.4. The first-order chi connectivity index (χ1) is 12.6. The maximum atomic E-state index is 12.9. The molecule has 5 nitrogen and oxygen atoms in total. The van der Waals surface area contributed by atoms with Crippen LogP contribution in [-0.2, 0) is 20.9 Å². The lowest BCUT2D eigenvalue weighted by atomic mass is 10.2. The fourth-order valence-electron chi connectivity index (χ4n) is 2.29. The summed E-state index contributed by atoms with van der Waals surface area (Å²) in [5, 5.41) is -0.447. The molecular weight excluding hydrogens is 357 g/mol. The van der Waals surface area contributed by atoms with E-state index in [0.29, 0.717) is 17.4 Å². The lowest BCUT2D eigenvalue weighted by Gasteiger charge is -2.08. The molecule has 0 saturated carbocycles. The van der Waals surface area contributed by atoms with Crippen molar-refractivity contribution in [2.45, 2.75) is 18.8 Å². The summed E-state index contributed by atoms with van der Waals surface area (Å²) in [5.74, 6) is -0.723. The molecule has 0 N–H and O–H groups in total. The van der Waals surface area contributed by atoms with Gasteiger partial charge in [0, 0.05) is 5.56 Å². The van der Waals surface area contributed by atoms with Gasteiger partial charge in [0.25, 0.3) is 5.91 Å². The van der Waals surface area contributed by atoms with Gasteiger partial charge in [-0.05, 0) is 48.9 Å². The van der Waals surface area contributed by atoms with E-state index in [1.165, 1.54) is 12.1 Å². The van der Waals surface area contributed by atoms with E-state index in [0.717, 1.165) is 22.9 Å². The number of hydrogen-bond acceptors (Lipinski definition) is 5. The zero-order chi connectivity index (χ0) is 18.5. The molecule has 1 aliphatic rings. The van der Waals surface area contributed by atoms with Gasteiger partial charge in [-0.2, -0.15) is 0 Å². The summed E-state index contributed by atoms with van der Waals surface area (Å²) in [5.41, 5.74) is 1.58. The standard InChI is InChI=1S/C19H16FNO4S/c1-2-24-19(23)16-17(22)21-18(26-16)13-5-9-15(10-6-13)25-11-12-3-7-14(20)8-4-12/h3-10,16H,2,11H2,1H3. The Morgan fingerprint density at radius 2 is 1.85 bits per heavy atom. The Balaban J connectivity index is 1.61. The minimum atomic E-state index is -0.931. The van der Waals surface area contributed by atoms with Gasteiger partial charge in [0.15, 0.2) is 5.25 Å². The zero-order valence-electron chi connectivity index (χ0n) is 14.0. The maximum absolute atomic E-state index is 12.9. The molecule has 0 aromatic heterocycles. The lowest BCUT2D eigenvalue weighted by Crippen LogP contribution is -2.25. The molecule has 0 fully saturated rings. The van der Waals surface area contributed by atoms with Gasteiger partial charge in [0.05, 0.1) is 6.61 Å². The molecule has 0 spiro atoms. The smallest absolute Gasteiger partial charge is 0.329 e. The van der Waals surface area contributed by atoms with Crippen molar-refractivity contribution in [3.05, 3.63) is 65.5 Å². The van der Waals surface area contributed by atoms with Crippen molar-refractivity contribution >= 4 is 28.7 Å². The summed E-state index contributed by atoms with van der Waals surface area (Å²) in [6.45, 7) is 2.23. The van der Waals surface area contributed by atoms with Gasteiger partial charge in [-0.15, -0.1) is 0 Å². The Kier molecular flexibility index (Phi) is 5.68. The second-order valence-electron chi connectivity index (χ2n) is 5.44. The minimum Gasteiger partial charge on any atom is -0.489 e. The van der Waals surface area contributed by atoms with Gasteiger partial charge >= 0.3 is 5.97 Å². The topological polar surface area (TPSA) is 65.0 Å². The first-order valence-electron chi connectivity index (χ1n) is 8.00. The number of benzene rings is 2. The van der Waals surface area contributed by atoms with Crippen LogP contribution in [0.5, 0.6) is 5.75 Å². The minimum absolute atomic E-state index is 0.221. The number of ether oxygens (including phenoxy) is 2. The molecule has 26 heavy (non-hydrogen) atoms. The van der Waals surface area contributed by atoms with Crippen molar-refractivity contribution < 1.29 is 23.5 Å². The Hall–Kier alpha value is -2.67. The van der Waals surface area contributed by atoms with E-state index in [2.05, 4.69) is 4.99 Å². The van der Waals surface area contributed by atoms with E-state index in [9.17, 15) is 14.0 Å². The highest BCUT2D eigenvalue weighted by Gasteiger charge is 2.36. The van der Waals surface area contributed by atoms with E-state index >= 15 is 0 Å². The van der Waals surface area contributed by atoms with Crippen molar-refractivity contribution in [2.75, 3.05) is 6.61 Å². The van der Waals surface area contributed by atoms with E-state index < -0.39 is 17.1 Å². The number of amides is 1. The van der Waals surface area contributed by atoms with Gasteiger partial charge in [0.2, 0.25) is 0 Å². The predicted octanol–water partition coefficient (Wildman–Crippen LogP) is 3.36. The Bertz CT molecular complexity index is 834. The van der Waals surface area contributed by atoms with Gasteiger partial charge in [0.1, 0.15) is 23.2 Å². The summed E-state index contributed by atoms with van der Waals surface area (Å²) in [6.07, 6.45) is 0. The van der Waals surface area contributed by atoms with E-state index in [1.807, 2.05) is 0 Å². The fraction of sp³-hybridized carbons (Fsp3) is 0.211. The number of aliphatic imine (C=N–C) groups is 1. The molecule has 1 atom stereocenters. The first kappa shape index (κ1) is 18.1. The molecular formula is C19H16FNO4S. The van der Waals surface area contributed by atoms with Crippen molar-refractivity contribution in [2.24, 2.45) is 4.99 Å². The second-order valence-corrected chi connectivity index (χ2v) is 6.54. The lowest BCUT2D eigenvalue weighted by molar-refractivity contribution is -0.144. The molecule has 3 rings (SSSR count).